The highest BCUT2D eigenvalue weighted by atomic mass is 32.2. The van der Waals surface area contributed by atoms with Crippen molar-refractivity contribution < 1.29 is 22.0 Å². The average molecular weight is 354 g/mol. The van der Waals surface area contributed by atoms with Gasteiger partial charge in [-0.05, 0) is 30.7 Å². The van der Waals surface area contributed by atoms with Gasteiger partial charge in [0.15, 0.2) is 11.6 Å². The Bertz CT molecular complexity index is 869. The quantitative estimate of drug-likeness (QED) is 0.898. The molecule has 128 valence electrons. The number of aryl methyl sites for hydroxylation is 1. The summed E-state index contributed by atoms with van der Waals surface area (Å²) in [6.07, 6.45) is 0.884. The molecule has 0 aliphatic heterocycles. The number of carbonyl (C=O) groups excluding carboxylic acids is 1. The standard InChI is InChI=1S/C16H16F2N2O3S/c1-11-5-3-4-6-15(11)19-16(21)10-20(24(2,22)23)12-7-8-13(17)14(18)9-12/h3-9H,10H2,1-2H3,(H,19,21). The molecule has 0 aliphatic rings. The van der Waals surface area contributed by atoms with Gasteiger partial charge in [0.25, 0.3) is 0 Å². The van der Waals surface area contributed by atoms with Gasteiger partial charge >= 0.3 is 0 Å². The summed E-state index contributed by atoms with van der Waals surface area (Å²) in [5.74, 6) is -2.89. The van der Waals surface area contributed by atoms with Gasteiger partial charge in [-0.2, -0.15) is 0 Å². The molecule has 0 atom stereocenters. The second-order valence-corrected chi connectivity index (χ2v) is 7.14. The first-order valence-corrected chi connectivity index (χ1v) is 8.81. The first kappa shape index (κ1) is 17.9. The number of sulfonamides is 1. The topological polar surface area (TPSA) is 66.5 Å². The largest absolute Gasteiger partial charge is 0.324 e. The Labute approximate surface area is 139 Å². The number of carbonyl (C=O) groups is 1. The van der Waals surface area contributed by atoms with Crippen LogP contribution in [0.25, 0.3) is 0 Å². The smallest absolute Gasteiger partial charge is 0.245 e. The molecule has 0 spiro atoms. The van der Waals surface area contributed by atoms with Crippen molar-refractivity contribution in [3.63, 3.8) is 0 Å². The third-order valence-electron chi connectivity index (χ3n) is 3.30. The molecular weight excluding hydrogens is 338 g/mol. The summed E-state index contributed by atoms with van der Waals surface area (Å²) in [6, 6.07) is 9.64. The van der Waals surface area contributed by atoms with Crippen LogP contribution < -0.4 is 9.62 Å². The number of anilines is 2. The Hall–Kier alpha value is -2.48. The van der Waals surface area contributed by atoms with Gasteiger partial charge in [0.2, 0.25) is 15.9 Å². The SMILES string of the molecule is Cc1ccccc1NC(=O)CN(c1ccc(F)c(F)c1)S(C)(=O)=O. The Morgan fingerprint density at radius 1 is 1.12 bits per heavy atom. The van der Waals surface area contributed by atoms with Gasteiger partial charge in [0.1, 0.15) is 6.54 Å². The highest BCUT2D eigenvalue weighted by Gasteiger charge is 2.22. The lowest BCUT2D eigenvalue weighted by Crippen LogP contribution is -2.37. The van der Waals surface area contributed by atoms with E-state index >= 15 is 0 Å². The Morgan fingerprint density at radius 2 is 1.79 bits per heavy atom. The number of hydrogen-bond donors (Lipinski definition) is 1. The van der Waals surface area contributed by atoms with E-state index < -0.39 is 34.1 Å². The molecular formula is C16H16F2N2O3S. The van der Waals surface area contributed by atoms with Gasteiger partial charge in [-0.25, -0.2) is 17.2 Å². The number of benzene rings is 2. The molecule has 0 bridgehead atoms. The lowest BCUT2D eigenvalue weighted by molar-refractivity contribution is -0.114. The molecule has 2 rings (SSSR count). The van der Waals surface area contributed by atoms with Crippen molar-refractivity contribution in [2.24, 2.45) is 0 Å². The summed E-state index contributed by atoms with van der Waals surface area (Å²) < 4.78 is 50.9. The van der Waals surface area contributed by atoms with Crippen molar-refractivity contribution in [1.29, 1.82) is 0 Å². The predicted molar refractivity (Wildman–Crippen MR) is 88.4 cm³/mol. The van der Waals surface area contributed by atoms with Crippen molar-refractivity contribution in [1.82, 2.24) is 0 Å². The maximum atomic E-state index is 13.4. The number of hydrogen-bond acceptors (Lipinski definition) is 3. The number of amides is 1. The Balaban J connectivity index is 2.25. The number of rotatable bonds is 5. The molecule has 5 nitrogen and oxygen atoms in total. The lowest BCUT2D eigenvalue weighted by atomic mass is 10.2. The van der Waals surface area contributed by atoms with Gasteiger partial charge in [-0.3, -0.25) is 9.10 Å². The van der Waals surface area contributed by atoms with Crippen LogP contribution in [0.4, 0.5) is 20.2 Å². The van der Waals surface area contributed by atoms with Crippen molar-refractivity contribution in [3.8, 4) is 0 Å². The fraction of sp³-hybridized carbons (Fsp3) is 0.188. The van der Waals surface area contributed by atoms with Crippen LogP contribution in [0.2, 0.25) is 0 Å². The molecule has 0 aromatic heterocycles. The minimum atomic E-state index is -3.86. The number of halogens is 2. The van der Waals surface area contributed by atoms with E-state index in [1.54, 1.807) is 31.2 Å². The van der Waals surface area contributed by atoms with Crippen LogP contribution in [0.5, 0.6) is 0 Å². The summed E-state index contributed by atoms with van der Waals surface area (Å²) in [7, 11) is -3.86. The third-order valence-corrected chi connectivity index (χ3v) is 4.44. The summed E-state index contributed by atoms with van der Waals surface area (Å²) in [5.41, 5.74) is 1.22. The molecule has 0 radical (unpaired) electrons. The molecule has 0 saturated carbocycles. The van der Waals surface area contributed by atoms with E-state index in [2.05, 4.69) is 5.32 Å². The number of nitrogens with zero attached hydrogens (tertiary/aromatic N) is 1. The maximum Gasteiger partial charge on any atom is 0.245 e. The van der Waals surface area contributed by atoms with E-state index in [0.29, 0.717) is 9.99 Å². The van der Waals surface area contributed by atoms with Gasteiger partial charge in [-0.15, -0.1) is 0 Å². The molecule has 1 amide bonds. The molecule has 8 heteroatoms. The van der Waals surface area contributed by atoms with Crippen molar-refractivity contribution >= 4 is 27.3 Å². The van der Waals surface area contributed by atoms with Gasteiger partial charge in [-0.1, -0.05) is 18.2 Å². The Kier molecular flexibility index (Phi) is 5.18. The average Bonchev–Trinajstić information content (AvgIpc) is 2.49. The lowest BCUT2D eigenvalue weighted by Gasteiger charge is -2.22. The van der Waals surface area contributed by atoms with Crippen LogP contribution in [0.15, 0.2) is 42.5 Å². The van der Waals surface area contributed by atoms with E-state index in [9.17, 15) is 22.0 Å². The number of para-hydroxylation sites is 1. The maximum absolute atomic E-state index is 13.4. The van der Waals surface area contributed by atoms with E-state index in [0.717, 1.165) is 30.0 Å². The van der Waals surface area contributed by atoms with E-state index in [1.165, 1.54) is 0 Å². The minimum Gasteiger partial charge on any atom is -0.324 e. The van der Waals surface area contributed by atoms with Crippen LogP contribution in [0, 0.1) is 18.6 Å². The summed E-state index contributed by atoms with van der Waals surface area (Å²) in [4.78, 5) is 12.2. The zero-order valence-electron chi connectivity index (χ0n) is 13.1. The summed E-state index contributed by atoms with van der Waals surface area (Å²) in [6.45, 7) is 1.23. The van der Waals surface area contributed by atoms with Crippen LogP contribution in [0.1, 0.15) is 5.56 Å². The Morgan fingerprint density at radius 3 is 2.38 bits per heavy atom. The monoisotopic (exact) mass is 354 g/mol. The highest BCUT2D eigenvalue weighted by molar-refractivity contribution is 7.92. The van der Waals surface area contributed by atoms with Crippen LogP contribution >= 0.6 is 0 Å². The van der Waals surface area contributed by atoms with E-state index in [-0.39, 0.29) is 5.69 Å². The molecule has 2 aromatic carbocycles. The molecule has 0 fully saturated rings. The van der Waals surface area contributed by atoms with Crippen LogP contribution in [-0.4, -0.2) is 27.1 Å². The van der Waals surface area contributed by atoms with Crippen molar-refractivity contribution in [3.05, 3.63) is 59.7 Å². The number of nitrogens with one attached hydrogen (secondary N) is 1. The predicted octanol–water partition coefficient (Wildman–Crippen LogP) is 2.68. The normalized spacial score (nSPS) is 11.2. The summed E-state index contributed by atoms with van der Waals surface area (Å²) in [5, 5.41) is 2.60. The molecule has 0 saturated heterocycles. The van der Waals surface area contributed by atoms with Crippen LogP contribution in [0.3, 0.4) is 0 Å². The zero-order chi connectivity index (χ0) is 17.9. The highest BCUT2D eigenvalue weighted by Crippen LogP contribution is 2.21. The van der Waals surface area contributed by atoms with E-state index in [4.69, 9.17) is 0 Å². The second-order valence-electron chi connectivity index (χ2n) is 5.23. The first-order chi connectivity index (χ1) is 11.2. The molecule has 1 N–H and O–H groups in total. The van der Waals surface area contributed by atoms with Crippen LogP contribution in [-0.2, 0) is 14.8 Å². The molecule has 2 aromatic rings. The van der Waals surface area contributed by atoms with Gasteiger partial charge < -0.3 is 5.32 Å². The second kappa shape index (κ2) is 6.96. The third kappa shape index (κ3) is 4.29. The van der Waals surface area contributed by atoms with Crippen molar-refractivity contribution in [2.75, 3.05) is 22.4 Å². The van der Waals surface area contributed by atoms with Gasteiger partial charge in [0, 0.05) is 11.8 Å². The fourth-order valence-corrected chi connectivity index (χ4v) is 2.92. The first-order valence-electron chi connectivity index (χ1n) is 6.97. The molecule has 24 heavy (non-hydrogen) atoms. The zero-order valence-corrected chi connectivity index (χ0v) is 13.9. The molecule has 0 heterocycles. The summed E-state index contributed by atoms with van der Waals surface area (Å²) >= 11 is 0. The molecule has 0 unspecified atom stereocenters. The fourth-order valence-electron chi connectivity index (χ4n) is 2.07. The molecule has 0 aliphatic carbocycles. The van der Waals surface area contributed by atoms with E-state index in [1.807, 2.05) is 0 Å². The minimum absolute atomic E-state index is 0.128. The van der Waals surface area contributed by atoms with Crippen molar-refractivity contribution in [2.45, 2.75) is 6.92 Å². The van der Waals surface area contributed by atoms with Gasteiger partial charge in [0.05, 0.1) is 11.9 Å².